The van der Waals surface area contributed by atoms with Crippen molar-refractivity contribution in [3.63, 3.8) is 0 Å². The first-order chi connectivity index (χ1) is 13.6. The van der Waals surface area contributed by atoms with E-state index in [1.54, 1.807) is 18.2 Å². The first-order valence-corrected chi connectivity index (χ1v) is 9.31. The molecule has 0 radical (unpaired) electrons. The molecule has 0 unspecified atom stereocenters. The van der Waals surface area contributed by atoms with E-state index in [4.69, 9.17) is 4.74 Å². The van der Waals surface area contributed by atoms with Gasteiger partial charge in [0.15, 0.2) is 0 Å². The lowest BCUT2D eigenvalue weighted by atomic mass is 10.2. The number of ether oxygens (including phenoxy) is 1. The number of hydrogen-bond acceptors (Lipinski definition) is 4. The molecule has 28 heavy (non-hydrogen) atoms. The summed E-state index contributed by atoms with van der Waals surface area (Å²) in [6, 6.07) is 9.46. The number of amides is 2. The summed E-state index contributed by atoms with van der Waals surface area (Å²) in [7, 11) is 1.59. The number of H-pyrrole nitrogens is 1. The standard InChI is InChI=1S/C20H23N5O3/c1-13-18-23-17(19(26)21-7-10-28-2)12-24(18)8-9-25(13)20(27)16-11-14-5-3-4-6-15(14)22-16/h3-6,11-13,22H,7-10H2,1-2H3,(H,21,26)/t13-/m1/s1. The second-order valence-electron chi connectivity index (χ2n) is 6.87. The third kappa shape index (κ3) is 3.27. The Morgan fingerprint density at radius 2 is 2.14 bits per heavy atom. The van der Waals surface area contributed by atoms with Crippen LogP contribution in [0.4, 0.5) is 0 Å². The third-order valence-electron chi connectivity index (χ3n) is 5.08. The molecule has 4 rings (SSSR count). The SMILES string of the molecule is COCCNC(=O)c1cn2c(n1)[C@@H](C)N(C(=O)c1cc3ccccc3[nH]1)CC2. The van der Waals surface area contributed by atoms with Gasteiger partial charge in [0.25, 0.3) is 11.8 Å². The van der Waals surface area contributed by atoms with Crippen LogP contribution in [0.15, 0.2) is 36.5 Å². The molecule has 0 bridgehead atoms. The highest BCUT2D eigenvalue weighted by Crippen LogP contribution is 2.27. The van der Waals surface area contributed by atoms with Gasteiger partial charge in [0.2, 0.25) is 0 Å². The zero-order chi connectivity index (χ0) is 19.7. The first kappa shape index (κ1) is 18.2. The average molecular weight is 381 g/mol. The van der Waals surface area contributed by atoms with Gasteiger partial charge < -0.3 is 24.5 Å². The molecule has 3 aromatic rings. The predicted molar refractivity (Wildman–Crippen MR) is 104 cm³/mol. The Balaban J connectivity index is 1.53. The van der Waals surface area contributed by atoms with Gasteiger partial charge >= 0.3 is 0 Å². The second-order valence-corrected chi connectivity index (χ2v) is 6.87. The first-order valence-electron chi connectivity index (χ1n) is 9.31. The van der Waals surface area contributed by atoms with Crippen molar-refractivity contribution in [3.05, 3.63) is 53.7 Å². The van der Waals surface area contributed by atoms with E-state index >= 15 is 0 Å². The third-order valence-corrected chi connectivity index (χ3v) is 5.08. The van der Waals surface area contributed by atoms with Crippen molar-refractivity contribution in [2.45, 2.75) is 19.5 Å². The number of aromatic amines is 1. The molecular weight excluding hydrogens is 358 g/mol. The minimum atomic E-state index is -0.236. The van der Waals surface area contributed by atoms with Crippen LogP contribution in [0.25, 0.3) is 10.9 Å². The van der Waals surface area contributed by atoms with Crippen molar-refractivity contribution in [1.82, 2.24) is 24.8 Å². The highest BCUT2D eigenvalue weighted by atomic mass is 16.5. The van der Waals surface area contributed by atoms with Crippen LogP contribution in [-0.4, -0.2) is 58.1 Å². The number of hydrogen-bond donors (Lipinski definition) is 2. The quantitative estimate of drug-likeness (QED) is 0.661. The van der Waals surface area contributed by atoms with Crippen LogP contribution >= 0.6 is 0 Å². The molecule has 0 saturated carbocycles. The Labute approximate surface area is 162 Å². The van der Waals surface area contributed by atoms with Crippen molar-refractivity contribution in [2.24, 2.45) is 0 Å². The maximum atomic E-state index is 13.1. The molecule has 0 saturated heterocycles. The molecular formula is C20H23N5O3. The Kier molecular flexibility index (Phi) is 4.87. The van der Waals surface area contributed by atoms with E-state index in [9.17, 15) is 9.59 Å². The number of imidazole rings is 1. The molecule has 8 heteroatoms. The molecule has 1 atom stereocenters. The molecule has 0 spiro atoms. The van der Waals surface area contributed by atoms with E-state index in [0.29, 0.717) is 43.5 Å². The highest BCUT2D eigenvalue weighted by molar-refractivity contribution is 5.98. The number of nitrogens with zero attached hydrogens (tertiary/aromatic N) is 3. The second kappa shape index (κ2) is 7.47. The Hall–Kier alpha value is -3.13. The van der Waals surface area contributed by atoms with Crippen LogP contribution in [0.2, 0.25) is 0 Å². The monoisotopic (exact) mass is 381 g/mol. The van der Waals surface area contributed by atoms with Gasteiger partial charge in [-0.15, -0.1) is 0 Å². The van der Waals surface area contributed by atoms with E-state index in [0.717, 1.165) is 10.9 Å². The van der Waals surface area contributed by atoms with Crippen molar-refractivity contribution in [3.8, 4) is 0 Å². The largest absolute Gasteiger partial charge is 0.383 e. The fraction of sp³-hybridized carbons (Fsp3) is 0.350. The van der Waals surface area contributed by atoms with Gasteiger partial charge in [-0.2, -0.15) is 0 Å². The number of aromatic nitrogens is 3. The Bertz CT molecular complexity index is 989. The van der Waals surface area contributed by atoms with Gasteiger partial charge in [-0.25, -0.2) is 4.98 Å². The zero-order valence-electron chi connectivity index (χ0n) is 15.9. The molecule has 0 fully saturated rings. The molecule has 2 amide bonds. The summed E-state index contributed by atoms with van der Waals surface area (Å²) in [5, 5.41) is 3.78. The van der Waals surface area contributed by atoms with Gasteiger partial charge in [-0.05, 0) is 19.1 Å². The van der Waals surface area contributed by atoms with Crippen LogP contribution in [0.1, 0.15) is 39.8 Å². The Morgan fingerprint density at radius 3 is 2.93 bits per heavy atom. The van der Waals surface area contributed by atoms with Crippen LogP contribution in [0.5, 0.6) is 0 Å². The summed E-state index contributed by atoms with van der Waals surface area (Å²) in [6.07, 6.45) is 1.75. The minimum absolute atomic E-state index is 0.0657. The van der Waals surface area contributed by atoms with Crippen molar-refractivity contribution >= 4 is 22.7 Å². The van der Waals surface area contributed by atoms with Gasteiger partial charge in [-0.1, -0.05) is 18.2 Å². The number of benzene rings is 1. The number of fused-ring (bicyclic) bond motifs is 2. The zero-order valence-corrected chi connectivity index (χ0v) is 15.9. The molecule has 1 aliphatic heterocycles. The topological polar surface area (TPSA) is 92.2 Å². The van der Waals surface area contributed by atoms with Crippen LogP contribution in [-0.2, 0) is 11.3 Å². The summed E-state index contributed by atoms with van der Waals surface area (Å²) in [5.74, 6) is 0.413. The smallest absolute Gasteiger partial charge is 0.271 e. The summed E-state index contributed by atoms with van der Waals surface area (Å²) >= 11 is 0. The lowest BCUT2D eigenvalue weighted by Gasteiger charge is -2.33. The molecule has 1 aliphatic rings. The highest BCUT2D eigenvalue weighted by Gasteiger charge is 2.31. The minimum Gasteiger partial charge on any atom is -0.383 e. The molecule has 1 aromatic carbocycles. The predicted octanol–water partition coefficient (Wildman–Crippen LogP) is 1.96. The summed E-state index contributed by atoms with van der Waals surface area (Å²) in [4.78, 5) is 34.8. The van der Waals surface area contributed by atoms with Crippen LogP contribution < -0.4 is 5.32 Å². The van der Waals surface area contributed by atoms with E-state index in [-0.39, 0.29) is 17.9 Å². The normalized spacial score (nSPS) is 16.2. The lowest BCUT2D eigenvalue weighted by molar-refractivity contribution is 0.0632. The maximum Gasteiger partial charge on any atom is 0.271 e. The van der Waals surface area contributed by atoms with Gasteiger partial charge in [0.05, 0.1) is 12.6 Å². The van der Waals surface area contributed by atoms with E-state index in [1.807, 2.05) is 41.8 Å². The average Bonchev–Trinajstić information content (AvgIpc) is 3.32. The number of para-hydroxylation sites is 1. The summed E-state index contributed by atoms with van der Waals surface area (Å²) in [6.45, 7) is 3.97. The molecule has 146 valence electrons. The summed E-state index contributed by atoms with van der Waals surface area (Å²) in [5.41, 5.74) is 1.86. The van der Waals surface area contributed by atoms with E-state index in [1.165, 1.54) is 0 Å². The molecule has 2 aromatic heterocycles. The fourth-order valence-corrected chi connectivity index (χ4v) is 3.58. The van der Waals surface area contributed by atoms with Gasteiger partial charge in [0.1, 0.15) is 17.2 Å². The fourth-order valence-electron chi connectivity index (χ4n) is 3.58. The lowest BCUT2D eigenvalue weighted by Crippen LogP contribution is -2.41. The van der Waals surface area contributed by atoms with Gasteiger partial charge in [0, 0.05) is 43.8 Å². The number of rotatable bonds is 5. The molecule has 0 aliphatic carbocycles. The van der Waals surface area contributed by atoms with Gasteiger partial charge in [-0.3, -0.25) is 9.59 Å². The number of methoxy groups -OCH3 is 1. The summed E-state index contributed by atoms with van der Waals surface area (Å²) < 4.78 is 6.89. The van der Waals surface area contributed by atoms with Crippen LogP contribution in [0, 0.1) is 0 Å². The number of nitrogens with one attached hydrogen (secondary N) is 2. The molecule has 3 heterocycles. The van der Waals surface area contributed by atoms with Crippen molar-refractivity contribution in [2.75, 3.05) is 26.8 Å². The Morgan fingerprint density at radius 1 is 1.32 bits per heavy atom. The van der Waals surface area contributed by atoms with Crippen molar-refractivity contribution < 1.29 is 14.3 Å². The van der Waals surface area contributed by atoms with E-state index < -0.39 is 0 Å². The molecule has 2 N–H and O–H groups in total. The number of carbonyl (C=O) groups is 2. The molecule has 8 nitrogen and oxygen atoms in total. The maximum absolute atomic E-state index is 13.1. The van der Waals surface area contributed by atoms with E-state index in [2.05, 4.69) is 15.3 Å². The van der Waals surface area contributed by atoms with Crippen molar-refractivity contribution in [1.29, 1.82) is 0 Å². The number of carbonyl (C=O) groups excluding carboxylic acids is 2. The van der Waals surface area contributed by atoms with Crippen LogP contribution in [0.3, 0.4) is 0 Å².